The van der Waals surface area contributed by atoms with Crippen molar-refractivity contribution < 1.29 is 9.90 Å². The quantitative estimate of drug-likeness (QED) is 0.796. The molecule has 0 radical (unpaired) electrons. The van der Waals surface area contributed by atoms with Gasteiger partial charge in [-0.2, -0.15) is 0 Å². The zero-order valence-electron chi connectivity index (χ0n) is 13.7. The highest BCUT2D eigenvalue weighted by Crippen LogP contribution is 2.46. The van der Waals surface area contributed by atoms with Crippen LogP contribution in [0.1, 0.15) is 41.4 Å². The normalized spacial score (nSPS) is 18.7. The van der Waals surface area contributed by atoms with E-state index in [4.69, 9.17) is 0 Å². The Bertz CT molecular complexity index is 753. The van der Waals surface area contributed by atoms with Gasteiger partial charge in [0.25, 0.3) is 0 Å². The second-order valence-corrected chi connectivity index (χ2v) is 6.76. The van der Waals surface area contributed by atoms with Gasteiger partial charge in [0, 0.05) is 18.4 Å². The molecule has 1 unspecified atom stereocenters. The van der Waals surface area contributed by atoms with Crippen LogP contribution in [0, 0.1) is 5.41 Å². The Morgan fingerprint density at radius 3 is 2.70 bits per heavy atom. The van der Waals surface area contributed by atoms with E-state index in [1.165, 1.54) is 5.56 Å². The van der Waals surface area contributed by atoms with Gasteiger partial charge in [0.1, 0.15) is 0 Å². The molecule has 1 aliphatic heterocycles. The Hall–Kier alpha value is -2.49. The third-order valence-corrected chi connectivity index (χ3v) is 4.62. The number of anilines is 2. The lowest BCUT2D eigenvalue weighted by atomic mass is 9.72. The van der Waals surface area contributed by atoms with Crippen molar-refractivity contribution in [1.29, 1.82) is 0 Å². The van der Waals surface area contributed by atoms with Crippen molar-refractivity contribution in [3.05, 3.63) is 59.2 Å². The highest BCUT2D eigenvalue weighted by atomic mass is 16.4. The van der Waals surface area contributed by atoms with Gasteiger partial charge in [-0.25, -0.2) is 4.79 Å². The van der Waals surface area contributed by atoms with Crippen LogP contribution in [0.5, 0.6) is 0 Å². The van der Waals surface area contributed by atoms with Crippen LogP contribution in [0.2, 0.25) is 0 Å². The summed E-state index contributed by atoms with van der Waals surface area (Å²) in [6.45, 7) is 4.43. The van der Waals surface area contributed by atoms with Crippen molar-refractivity contribution in [2.24, 2.45) is 5.41 Å². The average molecular weight is 310 g/mol. The minimum atomic E-state index is -0.881. The van der Waals surface area contributed by atoms with Crippen LogP contribution in [-0.4, -0.2) is 18.1 Å². The third kappa shape index (κ3) is 2.77. The van der Waals surface area contributed by atoms with Crippen molar-refractivity contribution in [1.82, 2.24) is 0 Å². The zero-order chi connectivity index (χ0) is 16.6. The van der Waals surface area contributed by atoms with Crippen molar-refractivity contribution in [3.8, 4) is 0 Å². The highest BCUT2D eigenvalue weighted by molar-refractivity contribution is 5.88. The van der Waals surface area contributed by atoms with E-state index in [-0.39, 0.29) is 11.5 Å². The van der Waals surface area contributed by atoms with Gasteiger partial charge >= 0.3 is 5.97 Å². The predicted octanol–water partition coefficient (Wildman–Crippen LogP) is 4.16. The molecule has 0 aliphatic carbocycles. The summed E-state index contributed by atoms with van der Waals surface area (Å²) in [5.41, 5.74) is 4.74. The Balaban J connectivity index is 2.03. The number of carboxylic acid groups (broad SMARTS) is 1. The number of hydrogen-bond acceptors (Lipinski definition) is 3. The standard InChI is InChI=1S/C19H22N2O2/c1-19(2)11-13-10-12(18(22)23)8-9-15(13)21-17(19)14-6-4-5-7-16(14)20-3/h4-10,17,20-21H,11H2,1-3H3,(H,22,23). The van der Waals surface area contributed by atoms with E-state index >= 15 is 0 Å². The van der Waals surface area contributed by atoms with Crippen molar-refractivity contribution in [2.45, 2.75) is 26.3 Å². The van der Waals surface area contributed by atoms with Crippen molar-refractivity contribution in [2.75, 3.05) is 17.7 Å². The van der Waals surface area contributed by atoms with Crippen LogP contribution < -0.4 is 10.6 Å². The fraction of sp³-hybridized carbons (Fsp3) is 0.316. The lowest BCUT2D eigenvalue weighted by Gasteiger charge is -2.42. The fourth-order valence-corrected chi connectivity index (χ4v) is 3.43. The summed E-state index contributed by atoms with van der Waals surface area (Å²) in [5, 5.41) is 16.1. The van der Waals surface area contributed by atoms with E-state index in [1.807, 2.05) is 19.2 Å². The van der Waals surface area contributed by atoms with Gasteiger partial charge in [-0.3, -0.25) is 0 Å². The summed E-state index contributed by atoms with van der Waals surface area (Å²) in [5.74, 6) is -0.881. The number of para-hydroxylation sites is 1. The number of carboxylic acids is 1. The first-order valence-electron chi connectivity index (χ1n) is 7.82. The molecule has 3 N–H and O–H groups in total. The average Bonchev–Trinajstić information content (AvgIpc) is 2.52. The second-order valence-electron chi connectivity index (χ2n) is 6.76. The molecule has 2 aromatic rings. The summed E-state index contributed by atoms with van der Waals surface area (Å²) in [4.78, 5) is 11.2. The van der Waals surface area contributed by atoms with Crippen molar-refractivity contribution >= 4 is 17.3 Å². The van der Waals surface area contributed by atoms with Crippen LogP contribution in [0.15, 0.2) is 42.5 Å². The van der Waals surface area contributed by atoms with Gasteiger partial charge in [-0.05, 0) is 47.2 Å². The molecule has 1 atom stereocenters. The van der Waals surface area contributed by atoms with Gasteiger partial charge in [-0.1, -0.05) is 32.0 Å². The number of nitrogens with one attached hydrogen (secondary N) is 2. The number of carbonyl (C=O) groups is 1. The molecule has 0 bridgehead atoms. The Morgan fingerprint density at radius 1 is 1.26 bits per heavy atom. The van der Waals surface area contributed by atoms with Crippen LogP contribution in [0.4, 0.5) is 11.4 Å². The molecule has 4 heteroatoms. The van der Waals surface area contributed by atoms with Crippen LogP contribution >= 0.6 is 0 Å². The third-order valence-electron chi connectivity index (χ3n) is 4.62. The molecule has 120 valence electrons. The van der Waals surface area contributed by atoms with Gasteiger partial charge in [0.2, 0.25) is 0 Å². The zero-order valence-corrected chi connectivity index (χ0v) is 13.7. The summed E-state index contributed by atoms with van der Waals surface area (Å²) < 4.78 is 0. The maximum atomic E-state index is 11.2. The first-order chi connectivity index (χ1) is 10.9. The number of aromatic carboxylic acids is 1. The maximum Gasteiger partial charge on any atom is 0.335 e. The van der Waals surface area contributed by atoms with E-state index in [0.717, 1.165) is 23.4 Å². The number of benzene rings is 2. The fourth-order valence-electron chi connectivity index (χ4n) is 3.43. The molecule has 0 spiro atoms. The number of hydrogen-bond donors (Lipinski definition) is 3. The molecular weight excluding hydrogens is 288 g/mol. The number of fused-ring (bicyclic) bond motifs is 1. The van der Waals surface area contributed by atoms with Crippen LogP contribution in [-0.2, 0) is 6.42 Å². The smallest absolute Gasteiger partial charge is 0.335 e. The summed E-state index contributed by atoms with van der Waals surface area (Å²) in [6.07, 6.45) is 0.833. The van der Waals surface area contributed by atoms with Gasteiger partial charge in [-0.15, -0.1) is 0 Å². The van der Waals surface area contributed by atoms with E-state index in [0.29, 0.717) is 5.56 Å². The molecule has 0 aromatic heterocycles. The molecule has 4 nitrogen and oxygen atoms in total. The molecular formula is C19H22N2O2. The van der Waals surface area contributed by atoms with E-state index in [2.05, 4.69) is 42.7 Å². The minimum absolute atomic E-state index is 0.0307. The highest BCUT2D eigenvalue weighted by Gasteiger charge is 2.37. The molecule has 2 aromatic carbocycles. The summed E-state index contributed by atoms with van der Waals surface area (Å²) in [6, 6.07) is 13.8. The summed E-state index contributed by atoms with van der Waals surface area (Å²) in [7, 11) is 1.93. The number of rotatable bonds is 3. The Labute approximate surface area is 136 Å². The van der Waals surface area contributed by atoms with Gasteiger partial charge in [0.15, 0.2) is 0 Å². The predicted molar refractivity (Wildman–Crippen MR) is 93.2 cm³/mol. The maximum absolute atomic E-state index is 11.2. The SMILES string of the molecule is CNc1ccccc1C1Nc2ccc(C(=O)O)cc2CC1(C)C. The summed E-state index contributed by atoms with van der Waals surface area (Å²) >= 11 is 0. The lowest BCUT2D eigenvalue weighted by Crippen LogP contribution is -2.35. The van der Waals surface area contributed by atoms with Crippen LogP contribution in [0.3, 0.4) is 0 Å². The van der Waals surface area contributed by atoms with Gasteiger partial charge in [0.05, 0.1) is 11.6 Å². The van der Waals surface area contributed by atoms with Crippen molar-refractivity contribution in [3.63, 3.8) is 0 Å². The molecule has 0 saturated carbocycles. The largest absolute Gasteiger partial charge is 0.478 e. The monoisotopic (exact) mass is 310 g/mol. The molecule has 1 heterocycles. The minimum Gasteiger partial charge on any atom is -0.478 e. The first-order valence-corrected chi connectivity index (χ1v) is 7.82. The molecule has 0 saturated heterocycles. The second kappa shape index (κ2) is 5.61. The molecule has 0 fully saturated rings. The van der Waals surface area contributed by atoms with E-state index in [1.54, 1.807) is 12.1 Å². The Morgan fingerprint density at radius 2 is 2.00 bits per heavy atom. The lowest BCUT2D eigenvalue weighted by molar-refractivity contribution is 0.0696. The first kappa shape index (κ1) is 15.4. The van der Waals surface area contributed by atoms with Gasteiger partial charge < -0.3 is 15.7 Å². The van der Waals surface area contributed by atoms with Crippen LogP contribution in [0.25, 0.3) is 0 Å². The van der Waals surface area contributed by atoms with E-state index in [9.17, 15) is 9.90 Å². The molecule has 1 aliphatic rings. The topological polar surface area (TPSA) is 61.4 Å². The Kier molecular flexibility index (Phi) is 3.76. The van der Waals surface area contributed by atoms with E-state index < -0.39 is 5.97 Å². The molecule has 3 rings (SSSR count). The molecule has 0 amide bonds. The molecule has 23 heavy (non-hydrogen) atoms.